The molecule has 2 aliphatic rings. The number of hydrogen-bond donors (Lipinski definition) is 0. The summed E-state index contributed by atoms with van der Waals surface area (Å²) in [5.74, 6) is 0. The van der Waals surface area contributed by atoms with E-state index in [0.29, 0.717) is 0 Å². The lowest BCUT2D eigenvalue weighted by Gasteiger charge is -2.01. The van der Waals surface area contributed by atoms with E-state index in [-0.39, 0.29) is 12.4 Å². The summed E-state index contributed by atoms with van der Waals surface area (Å²) in [7, 11) is 0. The fourth-order valence-electron chi connectivity index (χ4n) is 1.57. The van der Waals surface area contributed by atoms with Gasteiger partial charge >= 0.3 is 0 Å². The van der Waals surface area contributed by atoms with Gasteiger partial charge < -0.3 is 4.42 Å². The van der Waals surface area contributed by atoms with Crippen LogP contribution >= 0.6 is 12.4 Å². The Labute approximate surface area is 87.3 Å². The summed E-state index contributed by atoms with van der Waals surface area (Å²) in [4.78, 5) is 4.09. The zero-order valence-electron chi connectivity index (χ0n) is 7.31. The number of para-hydroxylation sites is 1. The minimum atomic E-state index is 0. The van der Waals surface area contributed by atoms with Crippen LogP contribution in [-0.4, -0.2) is 4.98 Å². The quantitative estimate of drug-likeness (QED) is 0.563. The number of halogens is 1. The van der Waals surface area contributed by atoms with E-state index in [0.717, 1.165) is 22.1 Å². The van der Waals surface area contributed by atoms with Crippen molar-refractivity contribution >= 4 is 23.4 Å². The first-order valence-corrected chi connectivity index (χ1v) is 4.15. The van der Waals surface area contributed by atoms with Crippen LogP contribution in [0, 0.1) is 0 Å². The third-order valence-corrected chi connectivity index (χ3v) is 2.22. The summed E-state index contributed by atoms with van der Waals surface area (Å²) in [5, 5.41) is 1.12. The third kappa shape index (κ3) is 1.16. The van der Waals surface area contributed by atoms with Crippen LogP contribution < -0.4 is 0 Å². The van der Waals surface area contributed by atoms with Crippen LogP contribution in [-0.2, 0) is 0 Å². The minimum Gasteiger partial charge on any atom is -0.464 e. The van der Waals surface area contributed by atoms with E-state index in [1.165, 1.54) is 0 Å². The Balaban J connectivity index is 0.000000750. The molecule has 70 valence electrons. The molecule has 0 aromatic heterocycles. The monoisotopic (exact) mass is 205 g/mol. The zero-order valence-corrected chi connectivity index (χ0v) is 8.12. The molecular weight excluding hydrogens is 198 g/mol. The van der Waals surface area contributed by atoms with E-state index in [1.807, 2.05) is 36.7 Å². The second-order valence-electron chi connectivity index (χ2n) is 3.01. The maximum absolute atomic E-state index is 5.44. The van der Waals surface area contributed by atoms with Crippen molar-refractivity contribution in [3.05, 3.63) is 42.9 Å². The highest BCUT2D eigenvalue weighted by molar-refractivity contribution is 5.93. The van der Waals surface area contributed by atoms with Gasteiger partial charge in [-0.05, 0) is 6.07 Å². The van der Waals surface area contributed by atoms with Crippen LogP contribution in [0.15, 0.2) is 47.3 Å². The van der Waals surface area contributed by atoms with E-state index in [2.05, 4.69) is 4.98 Å². The number of aromatic nitrogens is 1. The normalized spacial score (nSPS) is 10.3. The van der Waals surface area contributed by atoms with Crippen LogP contribution in [0.25, 0.3) is 22.1 Å². The van der Waals surface area contributed by atoms with Crippen LogP contribution in [0.4, 0.5) is 0 Å². The van der Waals surface area contributed by atoms with Crippen molar-refractivity contribution in [1.29, 1.82) is 0 Å². The number of nitrogens with zero attached hydrogens (tertiary/aromatic N) is 1. The average Bonchev–Trinajstić information content (AvgIpc) is 2.65. The van der Waals surface area contributed by atoms with E-state index in [1.54, 1.807) is 6.26 Å². The average molecular weight is 206 g/mol. The summed E-state index contributed by atoms with van der Waals surface area (Å²) in [6.07, 6.45) is 5.42. The molecule has 14 heavy (non-hydrogen) atoms. The largest absolute Gasteiger partial charge is 0.464 e. The smallest absolute Gasteiger partial charge is 0.134 e. The molecule has 1 aromatic rings. The second kappa shape index (κ2) is 3.31. The highest BCUT2D eigenvalue weighted by atomic mass is 35.5. The number of fused-ring (bicyclic) bond motifs is 3. The Morgan fingerprint density at radius 3 is 2.86 bits per heavy atom. The lowest BCUT2D eigenvalue weighted by molar-refractivity contribution is 0.606. The highest BCUT2D eigenvalue weighted by Gasteiger charge is 2.08. The maximum atomic E-state index is 5.44. The predicted molar refractivity (Wildman–Crippen MR) is 57.9 cm³/mol. The molecular formula is C11H8ClNO. The first kappa shape index (κ1) is 9.03. The minimum absolute atomic E-state index is 0. The molecule has 0 spiro atoms. The fourth-order valence-corrected chi connectivity index (χ4v) is 1.57. The molecule has 0 bridgehead atoms. The Hall–Kier alpha value is -1.54. The maximum Gasteiger partial charge on any atom is 0.134 e. The van der Waals surface area contributed by atoms with Crippen LogP contribution in [0.3, 0.4) is 0 Å². The molecule has 0 unspecified atom stereocenters. The van der Waals surface area contributed by atoms with Gasteiger partial charge in [-0.3, -0.25) is 4.98 Å². The van der Waals surface area contributed by atoms with Crippen LogP contribution in [0.2, 0.25) is 0 Å². The highest BCUT2D eigenvalue weighted by Crippen LogP contribution is 2.29. The number of hydrogen-bond acceptors (Lipinski definition) is 2. The van der Waals surface area contributed by atoms with Gasteiger partial charge in [0.1, 0.15) is 11.8 Å². The summed E-state index contributed by atoms with van der Waals surface area (Å²) in [6, 6.07) is 7.98. The summed E-state index contributed by atoms with van der Waals surface area (Å²) < 4.78 is 5.44. The van der Waals surface area contributed by atoms with Gasteiger partial charge in [-0.1, -0.05) is 18.2 Å². The molecule has 0 amide bonds. The standard InChI is InChI=1S/C11H7NO.ClH/c1-2-4-11-9(3-1)10-6-12-5-8(10)7-13-11;/h1-7H;1H. The number of benzene rings is 1. The van der Waals surface area contributed by atoms with E-state index in [9.17, 15) is 0 Å². The molecule has 0 fully saturated rings. The molecule has 3 heteroatoms. The van der Waals surface area contributed by atoms with E-state index < -0.39 is 0 Å². The topological polar surface area (TPSA) is 26.0 Å². The van der Waals surface area contributed by atoms with Gasteiger partial charge in [0.05, 0.1) is 0 Å². The Morgan fingerprint density at radius 1 is 1.07 bits per heavy atom. The molecule has 2 aliphatic heterocycles. The zero-order chi connectivity index (χ0) is 8.67. The summed E-state index contributed by atoms with van der Waals surface area (Å²) >= 11 is 0. The van der Waals surface area contributed by atoms with Crippen LogP contribution in [0.1, 0.15) is 0 Å². The predicted octanol–water partition coefficient (Wildman–Crippen LogP) is 3.35. The van der Waals surface area contributed by atoms with Crippen molar-refractivity contribution in [2.45, 2.75) is 0 Å². The van der Waals surface area contributed by atoms with E-state index >= 15 is 0 Å². The van der Waals surface area contributed by atoms with Crippen molar-refractivity contribution in [2.24, 2.45) is 0 Å². The Morgan fingerprint density at radius 2 is 1.93 bits per heavy atom. The van der Waals surface area contributed by atoms with Gasteiger partial charge in [0.25, 0.3) is 0 Å². The van der Waals surface area contributed by atoms with Crippen LogP contribution in [0.5, 0.6) is 0 Å². The molecule has 1 aromatic carbocycles. The van der Waals surface area contributed by atoms with Gasteiger partial charge in [0.2, 0.25) is 0 Å². The lowest BCUT2D eigenvalue weighted by atomic mass is 10.1. The van der Waals surface area contributed by atoms with Crippen molar-refractivity contribution in [2.75, 3.05) is 0 Å². The van der Waals surface area contributed by atoms with Crippen molar-refractivity contribution in [3.8, 4) is 11.1 Å². The van der Waals surface area contributed by atoms with Crippen molar-refractivity contribution in [1.82, 2.24) is 4.98 Å². The molecule has 0 aliphatic carbocycles. The van der Waals surface area contributed by atoms with Gasteiger partial charge in [-0.25, -0.2) is 0 Å². The van der Waals surface area contributed by atoms with E-state index in [4.69, 9.17) is 4.42 Å². The molecule has 0 radical (unpaired) electrons. The molecule has 0 saturated carbocycles. The molecule has 2 heterocycles. The molecule has 0 N–H and O–H groups in total. The summed E-state index contributed by atoms with van der Waals surface area (Å²) in [6.45, 7) is 0. The lowest BCUT2D eigenvalue weighted by Crippen LogP contribution is -1.77. The van der Waals surface area contributed by atoms with Crippen molar-refractivity contribution < 1.29 is 4.42 Å². The SMILES string of the molecule is Cl.c1ccc2c3cncc-3coc2c1. The van der Waals surface area contributed by atoms with Gasteiger partial charge in [0.15, 0.2) is 0 Å². The first-order valence-electron chi connectivity index (χ1n) is 4.15. The second-order valence-corrected chi connectivity index (χ2v) is 3.01. The molecule has 0 saturated heterocycles. The van der Waals surface area contributed by atoms with Gasteiger partial charge in [-0.2, -0.15) is 0 Å². The van der Waals surface area contributed by atoms with Gasteiger partial charge in [-0.15, -0.1) is 12.4 Å². The molecule has 2 nitrogen and oxygen atoms in total. The fraction of sp³-hybridized carbons (Fsp3) is 0. The third-order valence-electron chi connectivity index (χ3n) is 2.22. The first-order chi connectivity index (χ1) is 6.45. The Kier molecular flexibility index (Phi) is 2.14. The molecule has 0 atom stereocenters. The summed E-state index contributed by atoms with van der Waals surface area (Å²) in [5.41, 5.74) is 3.11. The number of rotatable bonds is 0. The Bertz CT molecular complexity index is 532. The molecule has 3 rings (SSSR count). The van der Waals surface area contributed by atoms with Crippen molar-refractivity contribution in [3.63, 3.8) is 0 Å². The van der Waals surface area contributed by atoms with Gasteiger partial charge in [0, 0.05) is 28.9 Å².